The molecular weight excluding hydrogens is 336 g/mol. The first-order valence-corrected chi connectivity index (χ1v) is 9.97. The number of fused-ring (bicyclic) bond motifs is 5. The van der Waals surface area contributed by atoms with Gasteiger partial charge in [0.25, 0.3) is 5.56 Å². The summed E-state index contributed by atoms with van der Waals surface area (Å²) in [4.78, 5) is 20.0. The number of hydrogen-bond acceptors (Lipinski definition) is 4. The SMILES string of the molecule is C=C(C)Cn1c(SC)nc2sc3c(c2c1=O)CCc1ccccc1-3. The molecule has 0 saturated carbocycles. The molecule has 0 fully saturated rings. The Morgan fingerprint density at radius 1 is 1.38 bits per heavy atom. The smallest absolute Gasteiger partial charge is 0.263 e. The van der Waals surface area contributed by atoms with Gasteiger partial charge in [-0.3, -0.25) is 9.36 Å². The van der Waals surface area contributed by atoms with Crippen molar-refractivity contribution in [1.82, 2.24) is 9.55 Å². The molecule has 24 heavy (non-hydrogen) atoms. The number of allylic oxidation sites excluding steroid dienone is 1. The van der Waals surface area contributed by atoms with Gasteiger partial charge >= 0.3 is 0 Å². The molecule has 1 aromatic carbocycles. The first-order chi connectivity index (χ1) is 11.6. The summed E-state index contributed by atoms with van der Waals surface area (Å²) in [7, 11) is 0. The fourth-order valence-electron chi connectivity index (χ4n) is 3.36. The van der Waals surface area contributed by atoms with Crippen molar-refractivity contribution in [3.63, 3.8) is 0 Å². The summed E-state index contributed by atoms with van der Waals surface area (Å²) in [6.45, 7) is 6.43. The molecule has 1 aliphatic rings. The molecule has 0 amide bonds. The van der Waals surface area contributed by atoms with Crippen molar-refractivity contribution in [2.75, 3.05) is 6.26 Å². The van der Waals surface area contributed by atoms with Crippen LogP contribution in [0.3, 0.4) is 0 Å². The van der Waals surface area contributed by atoms with Gasteiger partial charge in [0.1, 0.15) is 4.83 Å². The zero-order valence-corrected chi connectivity index (χ0v) is 15.4. The van der Waals surface area contributed by atoms with Gasteiger partial charge in [-0.1, -0.05) is 48.2 Å². The molecule has 0 atom stereocenters. The summed E-state index contributed by atoms with van der Waals surface area (Å²) in [5.41, 5.74) is 4.84. The molecule has 2 aromatic heterocycles. The third-order valence-corrected chi connectivity index (χ3v) is 6.23. The minimum absolute atomic E-state index is 0.0734. The average Bonchev–Trinajstić information content (AvgIpc) is 2.96. The molecule has 0 spiro atoms. The van der Waals surface area contributed by atoms with Gasteiger partial charge in [0.2, 0.25) is 0 Å². The summed E-state index contributed by atoms with van der Waals surface area (Å²) in [6.07, 6.45) is 3.86. The van der Waals surface area contributed by atoms with Gasteiger partial charge in [0.05, 0.1) is 5.39 Å². The maximum Gasteiger partial charge on any atom is 0.263 e. The molecule has 2 heterocycles. The number of aryl methyl sites for hydroxylation is 2. The van der Waals surface area contributed by atoms with Crippen molar-refractivity contribution in [3.8, 4) is 10.4 Å². The van der Waals surface area contributed by atoms with Crippen molar-refractivity contribution in [2.24, 2.45) is 0 Å². The molecule has 0 saturated heterocycles. The lowest BCUT2D eigenvalue weighted by molar-refractivity contribution is 0.652. The Bertz CT molecular complexity index is 1030. The molecule has 3 nitrogen and oxygen atoms in total. The van der Waals surface area contributed by atoms with Crippen LogP contribution >= 0.6 is 23.1 Å². The maximum atomic E-state index is 13.2. The predicted octanol–water partition coefficient (Wildman–Crippen LogP) is 4.52. The molecule has 5 heteroatoms. The van der Waals surface area contributed by atoms with E-state index in [0.717, 1.165) is 33.8 Å². The van der Waals surface area contributed by atoms with Crippen LogP contribution in [0.5, 0.6) is 0 Å². The number of thiophene rings is 1. The average molecular weight is 355 g/mol. The third kappa shape index (κ3) is 2.34. The van der Waals surface area contributed by atoms with E-state index in [4.69, 9.17) is 4.98 Å². The van der Waals surface area contributed by atoms with Crippen LogP contribution in [0.1, 0.15) is 18.1 Å². The van der Waals surface area contributed by atoms with Crippen LogP contribution in [-0.2, 0) is 19.4 Å². The van der Waals surface area contributed by atoms with Crippen molar-refractivity contribution in [2.45, 2.75) is 31.5 Å². The lowest BCUT2D eigenvalue weighted by atomic mass is 9.90. The van der Waals surface area contributed by atoms with Gasteiger partial charge in [-0.2, -0.15) is 0 Å². The first-order valence-electron chi connectivity index (χ1n) is 7.93. The van der Waals surface area contributed by atoms with E-state index in [1.165, 1.54) is 33.3 Å². The molecular formula is C19H18N2OS2. The second-order valence-electron chi connectivity index (χ2n) is 6.19. The zero-order chi connectivity index (χ0) is 16.8. The fourth-order valence-corrected chi connectivity index (χ4v) is 5.24. The van der Waals surface area contributed by atoms with Gasteiger partial charge < -0.3 is 0 Å². The Balaban J connectivity index is 2.04. The second kappa shape index (κ2) is 5.90. The van der Waals surface area contributed by atoms with Crippen LogP contribution in [0.25, 0.3) is 20.7 Å². The maximum absolute atomic E-state index is 13.2. The van der Waals surface area contributed by atoms with Crippen LogP contribution in [0, 0.1) is 0 Å². The zero-order valence-electron chi connectivity index (χ0n) is 13.8. The quantitative estimate of drug-likeness (QED) is 0.394. The van der Waals surface area contributed by atoms with Gasteiger partial charge in [-0.05, 0) is 42.7 Å². The molecule has 0 N–H and O–H groups in total. The number of nitrogens with zero attached hydrogens (tertiary/aromatic N) is 2. The first kappa shape index (κ1) is 15.7. The van der Waals surface area contributed by atoms with E-state index in [0.29, 0.717) is 6.54 Å². The van der Waals surface area contributed by atoms with Gasteiger partial charge in [0.15, 0.2) is 5.16 Å². The second-order valence-corrected chi connectivity index (χ2v) is 7.97. The molecule has 4 rings (SSSR count). The Hall–Kier alpha value is -1.85. The lowest BCUT2D eigenvalue weighted by Gasteiger charge is -2.16. The topological polar surface area (TPSA) is 34.9 Å². The standard InChI is InChI=1S/C19H18N2OS2/c1-11(2)10-21-18(22)15-14-9-8-12-6-4-5-7-13(12)16(14)24-17(15)20-19(21)23-3/h4-7H,1,8-10H2,2-3H3. The summed E-state index contributed by atoms with van der Waals surface area (Å²) < 4.78 is 1.77. The Kier molecular flexibility index (Phi) is 3.85. The van der Waals surface area contributed by atoms with E-state index in [9.17, 15) is 4.79 Å². The Labute approximate surface area is 149 Å². The monoisotopic (exact) mass is 354 g/mol. The highest BCUT2D eigenvalue weighted by atomic mass is 32.2. The van der Waals surface area contributed by atoms with E-state index >= 15 is 0 Å². The highest BCUT2D eigenvalue weighted by Gasteiger charge is 2.24. The number of thioether (sulfide) groups is 1. The van der Waals surface area contributed by atoms with Crippen molar-refractivity contribution in [1.29, 1.82) is 0 Å². The van der Waals surface area contributed by atoms with Gasteiger partial charge in [-0.15, -0.1) is 11.3 Å². The molecule has 122 valence electrons. The Morgan fingerprint density at radius 3 is 2.92 bits per heavy atom. The van der Waals surface area contributed by atoms with Crippen LogP contribution in [0.2, 0.25) is 0 Å². The molecule has 0 unspecified atom stereocenters. The highest BCUT2D eigenvalue weighted by molar-refractivity contribution is 7.98. The minimum Gasteiger partial charge on any atom is -0.283 e. The molecule has 0 aliphatic heterocycles. The van der Waals surface area contributed by atoms with Crippen molar-refractivity contribution in [3.05, 3.63) is 57.9 Å². The fraction of sp³-hybridized carbons (Fsp3) is 0.263. The van der Waals surface area contributed by atoms with Crippen LogP contribution in [0.15, 0.2) is 46.4 Å². The third-order valence-electron chi connectivity index (χ3n) is 4.39. The summed E-state index contributed by atoms with van der Waals surface area (Å²) in [6, 6.07) is 8.49. The van der Waals surface area contributed by atoms with E-state index in [-0.39, 0.29) is 5.56 Å². The summed E-state index contributed by atoms with van der Waals surface area (Å²) in [5, 5.41) is 1.57. The lowest BCUT2D eigenvalue weighted by Crippen LogP contribution is -2.24. The largest absolute Gasteiger partial charge is 0.283 e. The van der Waals surface area contributed by atoms with E-state index in [1.807, 2.05) is 13.2 Å². The van der Waals surface area contributed by atoms with Gasteiger partial charge in [-0.25, -0.2) is 4.98 Å². The van der Waals surface area contributed by atoms with Gasteiger partial charge in [0, 0.05) is 11.4 Å². The minimum atomic E-state index is 0.0734. The van der Waals surface area contributed by atoms with Crippen molar-refractivity contribution >= 4 is 33.3 Å². The summed E-state index contributed by atoms with van der Waals surface area (Å²) in [5.74, 6) is 0. The van der Waals surface area contributed by atoms with E-state index < -0.39 is 0 Å². The van der Waals surface area contributed by atoms with Crippen LogP contribution < -0.4 is 5.56 Å². The Morgan fingerprint density at radius 2 is 2.17 bits per heavy atom. The normalized spacial score (nSPS) is 12.9. The summed E-state index contributed by atoms with van der Waals surface area (Å²) >= 11 is 3.17. The van der Waals surface area contributed by atoms with Crippen LogP contribution in [0.4, 0.5) is 0 Å². The molecule has 0 radical (unpaired) electrons. The number of benzene rings is 1. The van der Waals surface area contributed by atoms with Crippen molar-refractivity contribution < 1.29 is 0 Å². The van der Waals surface area contributed by atoms with Crippen LogP contribution in [-0.4, -0.2) is 15.8 Å². The number of rotatable bonds is 3. The molecule has 1 aliphatic carbocycles. The molecule has 0 bridgehead atoms. The number of hydrogen-bond donors (Lipinski definition) is 0. The van der Waals surface area contributed by atoms with E-state index in [2.05, 4.69) is 30.8 Å². The number of aromatic nitrogens is 2. The molecule has 3 aromatic rings. The predicted molar refractivity (Wildman–Crippen MR) is 103 cm³/mol. The van der Waals surface area contributed by atoms with E-state index in [1.54, 1.807) is 15.9 Å². The highest BCUT2D eigenvalue weighted by Crippen LogP contribution is 2.42.